The number of rotatable bonds is 4. The van der Waals surface area contributed by atoms with Gasteiger partial charge in [-0.3, -0.25) is 9.59 Å². The fourth-order valence-corrected chi connectivity index (χ4v) is 3.75. The van der Waals surface area contributed by atoms with Crippen molar-refractivity contribution in [2.75, 3.05) is 17.3 Å². The van der Waals surface area contributed by atoms with Crippen LogP contribution >= 0.6 is 0 Å². The molecule has 5 rings (SSSR count). The lowest BCUT2D eigenvalue weighted by molar-refractivity contribution is 0.0990. The van der Waals surface area contributed by atoms with Crippen molar-refractivity contribution in [3.05, 3.63) is 108 Å². The molecule has 168 valence electrons. The molecule has 6 nitrogen and oxygen atoms in total. The number of aryl methyl sites for hydroxylation is 1. The van der Waals surface area contributed by atoms with E-state index in [1.807, 2.05) is 55.5 Å². The quantitative estimate of drug-likeness (QED) is 0.389. The summed E-state index contributed by atoms with van der Waals surface area (Å²) in [6, 6.07) is 27.0. The van der Waals surface area contributed by atoms with E-state index in [1.54, 1.807) is 54.4 Å². The van der Waals surface area contributed by atoms with Crippen LogP contribution in [0.1, 0.15) is 26.3 Å². The maximum atomic E-state index is 13.1. The number of benzene rings is 4. The lowest BCUT2D eigenvalue weighted by Gasteiger charge is -2.16. The summed E-state index contributed by atoms with van der Waals surface area (Å²) < 4.78 is 11.8. The van der Waals surface area contributed by atoms with Gasteiger partial charge in [-0.25, -0.2) is 0 Å². The highest BCUT2D eigenvalue weighted by Crippen LogP contribution is 2.39. The van der Waals surface area contributed by atoms with Gasteiger partial charge in [0.05, 0.1) is 11.3 Å². The summed E-state index contributed by atoms with van der Waals surface area (Å²) >= 11 is 0. The Morgan fingerprint density at radius 1 is 0.853 bits per heavy atom. The van der Waals surface area contributed by atoms with Crippen LogP contribution in [0.25, 0.3) is 0 Å². The molecule has 4 aromatic rings. The number of carbonyl (C=O) groups excluding carboxylic acids is 2. The minimum Gasteiger partial charge on any atom is -0.457 e. The van der Waals surface area contributed by atoms with Crippen molar-refractivity contribution < 1.29 is 19.1 Å². The van der Waals surface area contributed by atoms with Crippen molar-refractivity contribution in [2.45, 2.75) is 6.92 Å². The largest absolute Gasteiger partial charge is 0.457 e. The molecule has 0 atom stereocenters. The first kappa shape index (κ1) is 21.3. The monoisotopic (exact) mass is 450 g/mol. The van der Waals surface area contributed by atoms with Gasteiger partial charge in [0.25, 0.3) is 11.8 Å². The molecule has 0 fully saturated rings. The van der Waals surface area contributed by atoms with E-state index in [0.717, 1.165) is 11.3 Å². The predicted molar refractivity (Wildman–Crippen MR) is 131 cm³/mol. The molecule has 0 unspecified atom stereocenters. The molecule has 0 saturated heterocycles. The van der Waals surface area contributed by atoms with E-state index in [0.29, 0.717) is 39.8 Å². The Bertz CT molecular complexity index is 1380. The van der Waals surface area contributed by atoms with Crippen molar-refractivity contribution in [1.29, 1.82) is 0 Å². The normalized spacial score (nSPS) is 12.2. The Labute approximate surface area is 197 Å². The van der Waals surface area contributed by atoms with Crippen LogP contribution in [-0.4, -0.2) is 18.9 Å². The maximum Gasteiger partial charge on any atom is 0.261 e. The smallest absolute Gasteiger partial charge is 0.261 e. The summed E-state index contributed by atoms with van der Waals surface area (Å²) in [5, 5.41) is 2.86. The van der Waals surface area contributed by atoms with Crippen molar-refractivity contribution in [1.82, 2.24) is 0 Å². The first-order chi connectivity index (χ1) is 16.5. The second-order valence-electron chi connectivity index (χ2n) is 8.04. The van der Waals surface area contributed by atoms with Crippen molar-refractivity contribution in [3.63, 3.8) is 0 Å². The van der Waals surface area contributed by atoms with Crippen LogP contribution < -0.4 is 19.7 Å². The second-order valence-corrected chi connectivity index (χ2v) is 8.04. The lowest BCUT2D eigenvalue weighted by Crippen LogP contribution is -2.25. The van der Waals surface area contributed by atoms with Crippen LogP contribution in [0.5, 0.6) is 23.0 Å². The maximum absolute atomic E-state index is 13.1. The zero-order valence-electron chi connectivity index (χ0n) is 18.7. The molecule has 0 radical (unpaired) electrons. The number of carbonyl (C=O) groups is 2. The van der Waals surface area contributed by atoms with Crippen LogP contribution in [-0.2, 0) is 0 Å². The van der Waals surface area contributed by atoms with Gasteiger partial charge in [-0.05, 0) is 79.2 Å². The van der Waals surface area contributed by atoms with Gasteiger partial charge < -0.3 is 19.7 Å². The molecule has 6 heteroatoms. The highest BCUT2D eigenvalue weighted by Gasteiger charge is 2.26. The molecule has 0 bridgehead atoms. The topological polar surface area (TPSA) is 67.9 Å². The molecular weight excluding hydrogens is 428 g/mol. The molecular formula is C28H22N2O4. The van der Waals surface area contributed by atoms with E-state index in [-0.39, 0.29) is 11.8 Å². The minimum atomic E-state index is -0.291. The molecule has 2 amide bonds. The van der Waals surface area contributed by atoms with Crippen LogP contribution in [0.15, 0.2) is 91.0 Å². The first-order valence-electron chi connectivity index (χ1n) is 10.8. The van der Waals surface area contributed by atoms with E-state index in [4.69, 9.17) is 9.47 Å². The van der Waals surface area contributed by atoms with Gasteiger partial charge in [-0.15, -0.1) is 0 Å². The number of nitrogens with zero attached hydrogens (tertiary/aromatic N) is 1. The third kappa shape index (κ3) is 4.21. The molecule has 34 heavy (non-hydrogen) atoms. The number of anilines is 2. The van der Waals surface area contributed by atoms with E-state index in [9.17, 15) is 9.59 Å². The Balaban J connectivity index is 1.34. The van der Waals surface area contributed by atoms with E-state index in [2.05, 4.69) is 5.32 Å². The van der Waals surface area contributed by atoms with Crippen molar-refractivity contribution in [2.24, 2.45) is 0 Å². The SMILES string of the molecule is Cc1ccc2c(c1)N(C)C(=O)c1cc(NC(=O)c3ccc(Oc4ccccc4)cc3)ccc1O2. The van der Waals surface area contributed by atoms with Gasteiger partial charge in [0.2, 0.25) is 0 Å². The molecule has 0 aliphatic carbocycles. The minimum absolute atomic E-state index is 0.210. The number of ether oxygens (including phenoxy) is 2. The van der Waals surface area contributed by atoms with Crippen LogP contribution in [0.3, 0.4) is 0 Å². The Hall–Kier alpha value is -4.58. The van der Waals surface area contributed by atoms with Crippen LogP contribution in [0, 0.1) is 6.92 Å². The predicted octanol–water partition coefficient (Wildman–Crippen LogP) is 6.42. The number of hydrogen-bond acceptors (Lipinski definition) is 4. The van der Waals surface area contributed by atoms with Gasteiger partial charge in [-0.2, -0.15) is 0 Å². The number of hydrogen-bond donors (Lipinski definition) is 1. The summed E-state index contributed by atoms with van der Waals surface area (Å²) in [6.07, 6.45) is 0. The van der Waals surface area contributed by atoms with E-state index < -0.39 is 0 Å². The highest BCUT2D eigenvalue weighted by molar-refractivity contribution is 6.11. The standard InChI is InChI=1S/C28H22N2O4/c1-18-8-14-26-24(16-18)30(2)28(32)23-17-20(11-15-25(23)34-26)29-27(31)19-9-12-22(13-10-19)33-21-6-4-3-5-7-21/h3-17H,1-2H3,(H,29,31). The zero-order chi connectivity index (χ0) is 23.7. The molecule has 1 N–H and O–H groups in total. The molecule has 4 aromatic carbocycles. The third-order valence-electron chi connectivity index (χ3n) is 5.56. The highest BCUT2D eigenvalue weighted by atomic mass is 16.5. The summed E-state index contributed by atoms with van der Waals surface area (Å²) in [6.45, 7) is 1.96. The lowest BCUT2D eigenvalue weighted by atomic mass is 10.1. The van der Waals surface area contributed by atoms with Crippen molar-refractivity contribution in [3.8, 4) is 23.0 Å². The average molecular weight is 450 g/mol. The number of amides is 2. The number of fused-ring (bicyclic) bond motifs is 2. The molecule has 1 aliphatic rings. The zero-order valence-corrected chi connectivity index (χ0v) is 18.7. The second kappa shape index (κ2) is 8.75. The van der Waals surface area contributed by atoms with E-state index in [1.165, 1.54) is 0 Å². The summed E-state index contributed by atoms with van der Waals surface area (Å²) in [5.41, 5.74) is 3.07. The fourth-order valence-electron chi connectivity index (χ4n) is 3.75. The number of nitrogens with one attached hydrogen (secondary N) is 1. The van der Waals surface area contributed by atoms with Crippen LogP contribution in [0.2, 0.25) is 0 Å². The fraction of sp³-hybridized carbons (Fsp3) is 0.0714. The van der Waals surface area contributed by atoms with Gasteiger partial charge >= 0.3 is 0 Å². The van der Waals surface area contributed by atoms with Gasteiger partial charge in [0, 0.05) is 18.3 Å². The summed E-state index contributed by atoms with van der Waals surface area (Å²) in [7, 11) is 1.71. The average Bonchev–Trinajstić information content (AvgIpc) is 2.95. The Morgan fingerprint density at radius 2 is 1.56 bits per heavy atom. The Kier molecular flexibility index (Phi) is 5.47. The van der Waals surface area contributed by atoms with Gasteiger partial charge in [0.1, 0.15) is 17.2 Å². The van der Waals surface area contributed by atoms with Crippen LogP contribution in [0.4, 0.5) is 11.4 Å². The molecule has 0 spiro atoms. The molecule has 0 saturated carbocycles. The Morgan fingerprint density at radius 3 is 2.32 bits per heavy atom. The molecule has 1 aliphatic heterocycles. The summed E-state index contributed by atoms with van der Waals surface area (Å²) in [4.78, 5) is 27.5. The van der Waals surface area contributed by atoms with Gasteiger partial charge in [-0.1, -0.05) is 24.3 Å². The first-order valence-corrected chi connectivity index (χ1v) is 10.8. The number of para-hydroxylation sites is 1. The van der Waals surface area contributed by atoms with Gasteiger partial charge in [0.15, 0.2) is 5.75 Å². The molecule has 0 aromatic heterocycles. The summed E-state index contributed by atoms with van der Waals surface area (Å²) in [5.74, 6) is 1.90. The van der Waals surface area contributed by atoms with Crippen molar-refractivity contribution >= 4 is 23.2 Å². The van der Waals surface area contributed by atoms with E-state index >= 15 is 0 Å². The molecule has 1 heterocycles. The third-order valence-corrected chi connectivity index (χ3v) is 5.56.